The second-order valence-corrected chi connectivity index (χ2v) is 13.5. The van der Waals surface area contributed by atoms with Gasteiger partial charge in [-0.05, 0) is 100 Å². The van der Waals surface area contributed by atoms with E-state index in [9.17, 15) is 0 Å². The summed E-state index contributed by atoms with van der Waals surface area (Å²) in [6.07, 6.45) is 0. The van der Waals surface area contributed by atoms with Crippen LogP contribution in [0, 0.1) is 0 Å². The number of hydrogen-bond acceptors (Lipinski definition) is 1. The zero-order valence-corrected chi connectivity index (χ0v) is 26.4. The Morgan fingerprint density at radius 1 is 0.298 bits per heavy atom. The molecule has 0 unspecified atom stereocenters. The zero-order chi connectivity index (χ0) is 30.9. The van der Waals surface area contributed by atoms with E-state index in [2.05, 4.69) is 170 Å². The van der Waals surface area contributed by atoms with Crippen LogP contribution in [0.1, 0.15) is 0 Å². The standard InChI is InChI=1S/C46H28S/c1-2-13-30-28-31(25-24-29(30)12-1)32-14-3-4-16-34(32)44-35-17-5-7-19-37(35)45(38-20-8-6-18-36(38)44)41-27-26-40-33-15-9-10-22-42(33)47-43-23-11-21-39(41)46(40)43/h1-28H. The van der Waals surface area contributed by atoms with E-state index in [-0.39, 0.29) is 0 Å². The van der Waals surface area contributed by atoms with Crippen LogP contribution in [-0.2, 0) is 0 Å². The zero-order valence-electron chi connectivity index (χ0n) is 25.6. The number of benzene rings is 9. The van der Waals surface area contributed by atoms with Crippen LogP contribution in [0.2, 0.25) is 0 Å². The molecule has 9 aromatic rings. The summed E-state index contributed by atoms with van der Waals surface area (Å²) < 4.78 is 0. The van der Waals surface area contributed by atoms with E-state index in [0.717, 1.165) is 0 Å². The first-order valence-electron chi connectivity index (χ1n) is 16.2. The van der Waals surface area contributed by atoms with Gasteiger partial charge in [-0.25, -0.2) is 0 Å². The molecule has 0 bridgehead atoms. The van der Waals surface area contributed by atoms with Crippen molar-refractivity contribution in [3.05, 3.63) is 170 Å². The normalized spacial score (nSPS) is 12.2. The van der Waals surface area contributed by atoms with Crippen LogP contribution in [0.5, 0.6) is 0 Å². The minimum atomic E-state index is 1.23. The molecular formula is C46H28S. The van der Waals surface area contributed by atoms with Crippen molar-refractivity contribution in [2.24, 2.45) is 0 Å². The fraction of sp³-hybridized carbons (Fsp3) is 0. The minimum absolute atomic E-state index is 1.23. The van der Waals surface area contributed by atoms with Crippen molar-refractivity contribution < 1.29 is 0 Å². The van der Waals surface area contributed by atoms with E-state index in [1.54, 1.807) is 0 Å². The number of hydrogen-bond donors (Lipinski definition) is 0. The molecule has 1 aliphatic heterocycles. The molecule has 0 aromatic heterocycles. The summed E-state index contributed by atoms with van der Waals surface area (Å²) in [5.41, 5.74) is 10.3. The van der Waals surface area contributed by atoms with Gasteiger partial charge in [-0.2, -0.15) is 0 Å². The highest BCUT2D eigenvalue weighted by Crippen LogP contribution is 2.52. The van der Waals surface area contributed by atoms with E-state index in [1.165, 1.54) is 97.4 Å². The second kappa shape index (κ2) is 10.5. The molecule has 9 aromatic carbocycles. The summed E-state index contributed by atoms with van der Waals surface area (Å²) in [6.45, 7) is 0. The van der Waals surface area contributed by atoms with Crippen LogP contribution in [0.15, 0.2) is 180 Å². The molecule has 0 spiro atoms. The Bertz CT molecular complexity index is 2660. The van der Waals surface area contributed by atoms with Crippen molar-refractivity contribution in [1.29, 1.82) is 0 Å². The van der Waals surface area contributed by atoms with Gasteiger partial charge >= 0.3 is 0 Å². The molecule has 0 aliphatic carbocycles. The highest BCUT2D eigenvalue weighted by Gasteiger charge is 2.23. The molecule has 0 nitrogen and oxygen atoms in total. The molecule has 0 N–H and O–H groups in total. The smallest absolute Gasteiger partial charge is 0.0207 e. The largest absolute Gasteiger partial charge is 0.0888 e. The molecular weight excluding hydrogens is 585 g/mol. The SMILES string of the molecule is c1ccc2c(c1)Sc1cccc3c(-c4c5ccccc5c(-c5ccccc5-c5ccc6ccccc6c5)c5ccccc45)ccc-2c13. The van der Waals surface area contributed by atoms with E-state index in [0.29, 0.717) is 0 Å². The predicted molar refractivity (Wildman–Crippen MR) is 202 cm³/mol. The molecule has 0 atom stereocenters. The second-order valence-electron chi connectivity index (χ2n) is 12.4. The van der Waals surface area contributed by atoms with Gasteiger partial charge < -0.3 is 0 Å². The Morgan fingerprint density at radius 3 is 1.57 bits per heavy atom. The van der Waals surface area contributed by atoms with Gasteiger partial charge in [-0.1, -0.05) is 163 Å². The van der Waals surface area contributed by atoms with Crippen molar-refractivity contribution >= 4 is 54.9 Å². The molecule has 1 heteroatoms. The van der Waals surface area contributed by atoms with Gasteiger partial charge in [0, 0.05) is 15.2 Å². The third-order valence-electron chi connectivity index (χ3n) is 9.86. The van der Waals surface area contributed by atoms with Gasteiger partial charge in [0.2, 0.25) is 0 Å². The summed E-state index contributed by atoms with van der Waals surface area (Å²) in [4.78, 5) is 2.65. The van der Waals surface area contributed by atoms with E-state index >= 15 is 0 Å². The summed E-state index contributed by atoms with van der Waals surface area (Å²) in [5, 5.41) is 10.3. The number of rotatable bonds is 3. The molecule has 0 radical (unpaired) electrons. The molecule has 1 aliphatic rings. The molecule has 0 fully saturated rings. The first-order valence-corrected chi connectivity index (χ1v) is 17.0. The maximum absolute atomic E-state index is 2.37. The topological polar surface area (TPSA) is 0 Å². The summed E-state index contributed by atoms with van der Waals surface area (Å²) >= 11 is 1.89. The average Bonchev–Trinajstić information content (AvgIpc) is 3.14. The molecule has 47 heavy (non-hydrogen) atoms. The van der Waals surface area contributed by atoms with Crippen LogP contribution in [0.25, 0.3) is 87.6 Å². The van der Waals surface area contributed by atoms with Crippen LogP contribution >= 0.6 is 11.8 Å². The van der Waals surface area contributed by atoms with Gasteiger partial charge in [0.1, 0.15) is 0 Å². The van der Waals surface area contributed by atoms with E-state index in [1.807, 2.05) is 11.8 Å². The highest BCUT2D eigenvalue weighted by molar-refractivity contribution is 7.99. The van der Waals surface area contributed by atoms with Crippen molar-refractivity contribution in [2.75, 3.05) is 0 Å². The Morgan fingerprint density at radius 2 is 0.830 bits per heavy atom. The lowest BCUT2D eigenvalue weighted by atomic mass is 9.82. The Kier molecular flexibility index (Phi) is 5.91. The lowest BCUT2D eigenvalue weighted by Crippen LogP contribution is -1.96. The van der Waals surface area contributed by atoms with Crippen LogP contribution in [-0.4, -0.2) is 0 Å². The van der Waals surface area contributed by atoms with Crippen molar-refractivity contribution in [3.63, 3.8) is 0 Å². The fourth-order valence-electron chi connectivity index (χ4n) is 7.82. The molecule has 218 valence electrons. The lowest BCUT2D eigenvalue weighted by Gasteiger charge is -2.24. The quantitative estimate of drug-likeness (QED) is 0.179. The van der Waals surface area contributed by atoms with Crippen molar-refractivity contribution in [3.8, 4) is 44.5 Å². The van der Waals surface area contributed by atoms with E-state index in [4.69, 9.17) is 0 Å². The van der Waals surface area contributed by atoms with E-state index < -0.39 is 0 Å². The van der Waals surface area contributed by atoms with Crippen LogP contribution < -0.4 is 0 Å². The van der Waals surface area contributed by atoms with Crippen molar-refractivity contribution in [1.82, 2.24) is 0 Å². The van der Waals surface area contributed by atoms with Crippen LogP contribution in [0.3, 0.4) is 0 Å². The highest BCUT2D eigenvalue weighted by atomic mass is 32.2. The van der Waals surface area contributed by atoms with Gasteiger partial charge in [-0.3, -0.25) is 0 Å². The molecule has 0 amide bonds. The molecule has 0 saturated heterocycles. The Labute approximate surface area is 278 Å². The summed E-state index contributed by atoms with van der Waals surface area (Å²) in [5.74, 6) is 0. The third-order valence-corrected chi connectivity index (χ3v) is 11.0. The molecule has 0 saturated carbocycles. The lowest BCUT2D eigenvalue weighted by molar-refractivity contribution is 1.40. The summed E-state index contributed by atoms with van der Waals surface area (Å²) in [6, 6.07) is 62.8. The van der Waals surface area contributed by atoms with Crippen molar-refractivity contribution in [2.45, 2.75) is 9.79 Å². The Balaban J connectivity index is 1.28. The minimum Gasteiger partial charge on any atom is -0.0888 e. The molecule has 10 rings (SSSR count). The van der Waals surface area contributed by atoms with Gasteiger partial charge in [-0.15, -0.1) is 0 Å². The third kappa shape index (κ3) is 4.03. The maximum Gasteiger partial charge on any atom is 0.0207 e. The average molecular weight is 613 g/mol. The summed E-state index contributed by atoms with van der Waals surface area (Å²) in [7, 11) is 0. The maximum atomic E-state index is 2.37. The van der Waals surface area contributed by atoms with Gasteiger partial charge in [0.25, 0.3) is 0 Å². The van der Waals surface area contributed by atoms with Gasteiger partial charge in [0.05, 0.1) is 0 Å². The first-order chi connectivity index (χ1) is 23.3. The first kappa shape index (κ1) is 26.6. The van der Waals surface area contributed by atoms with Crippen LogP contribution in [0.4, 0.5) is 0 Å². The molecule has 1 heterocycles. The predicted octanol–water partition coefficient (Wildman–Crippen LogP) is 13.4. The Hall–Kier alpha value is -5.63. The monoisotopic (exact) mass is 612 g/mol. The fourth-order valence-corrected chi connectivity index (χ4v) is 8.96. The van der Waals surface area contributed by atoms with Gasteiger partial charge in [0.15, 0.2) is 0 Å². The number of fused-ring (bicyclic) bond motifs is 5.